The van der Waals surface area contributed by atoms with Crippen LogP contribution in [0.4, 0.5) is 0 Å². The van der Waals surface area contributed by atoms with Crippen LogP contribution in [0.1, 0.15) is 12.0 Å². The van der Waals surface area contributed by atoms with Gasteiger partial charge in [-0.15, -0.1) is 11.3 Å². The van der Waals surface area contributed by atoms with Gasteiger partial charge in [-0.25, -0.2) is 4.98 Å². The number of pyridine rings is 1. The lowest BCUT2D eigenvalue weighted by atomic mass is 10.3. The van der Waals surface area contributed by atoms with Gasteiger partial charge in [-0.05, 0) is 29.5 Å². The van der Waals surface area contributed by atoms with Crippen LogP contribution < -0.4 is 5.56 Å². The highest BCUT2D eigenvalue weighted by Gasteiger charge is 2.15. The van der Waals surface area contributed by atoms with Gasteiger partial charge < -0.3 is 4.74 Å². The van der Waals surface area contributed by atoms with Crippen LogP contribution in [0, 0.1) is 0 Å². The third kappa shape index (κ3) is 4.58. The molecule has 0 atom stereocenters. The summed E-state index contributed by atoms with van der Waals surface area (Å²) < 4.78 is 7.94. The molecule has 1 fully saturated rings. The summed E-state index contributed by atoms with van der Waals surface area (Å²) in [7, 11) is 0. The van der Waals surface area contributed by atoms with E-state index >= 15 is 0 Å². The largest absolute Gasteiger partial charge is 0.379 e. The number of ether oxygens (including phenoxy) is 1. The molecule has 4 rings (SSSR count). The lowest BCUT2D eigenvalue weighted by Crippen LogP contribution is -2.37. The maximum absolute atomic E-state index is 13.0. The van der Waals surface area contributed by atoms with Crippen molar-refractivity contribution < 1.29 is 4.74 Å². The number of rotatable bonds is 7. The van der Waals surface area contributed by atoms with Crippen molar-refractivity contribution in [1.29, 1.82) is 0 Å². The van der Waals surface area contributed by atoms with E-state index in [0.29, 0.717) is 17.3 Å². The summed E-state index contributed by atoms with van der Waals surface area (Å²) in [5, 5.41) is 3.30. The zero-order chi connectivity index (χ0) is 19.3. The number of hydrogen-bond donors (Lipinski definition) is 0. The molecule has 1 aliphatic heterocycles. The number of thioether (sulfide) groups is 1. The third-order valence-corrected chi connectivity index (χ3v) is 6.96. The third-order valence-electron chi connectivity index (χ3n) is 4.70. The Kier molecular flexibility index (Phi) is 6.64. The SMILES string of the molecule is O=c1c2sccc2nc(SCc2ccncc2Cl)n1CCCN1CCOCC1. The summed E-state index contributed by atoms with van der Waals surface area (Å²) in [6.45, 7) is 5.10. The summed E-state index contributed by atoms with van der Waals surface area (Å²) in [5.41, 5.74) is 1.80. The fourth-order valence-corrected chi connectivity index (χ4v) is 5.24. The molecule has 4 heterocycles. The molecule has 0 unspecified atom stereocenters. The minimum atomic E-state index is 0.0466. The number of nitrogens with zero attached hydrogens (tertiary/aromatic N) is 4. The van der Waals surface area contributed by atoms with Crippen LogP contribution >= 0.6 is 34.7 Å². The van der Waals surface area contributed by atoms with Crippen LogP contribution in [0.2, 0.25) is 5.02 Å². The molecule has 0 bridgehead atoms. The Morgan fingerprint density at radius 1 is 1.25 bits per heavy atom. The number of fused-ring (bicyclic) bond motifs is 1. The van der Waals surface area contributed by atoms with Gasteiger partial charge in [-0.2, -0.15) is 0 Å². The van der Waals surface area contributed by atoms with E-state index in [9.17, 15) is 4.79 Å². The topological polar surface area (TPSA) is 60.2 Å². The number of thiophene rings is 1. The van der Waals surface area contributed by atoms with Crippen LogP contribution in [-0.4, -0.2) is 52.3 Å². The van der Waals surface area contributed by atoms with Gasteiger partial charge in [0, 0.05) is 44.3 Å². The van der Waals surface area contributed by atoms with Gasteiger partial charge in [0.15, 0.2) is 5.16 Å². The lowest BCUT2D eigenvalue weighted by Gasteiger charge is -2.26. The van der Waals surface area contributed by atoms with Crippen LogP contribution in [0.3, 0.4) is 0 Å². The lowest BCUT2D eigenvalue weighted by molar-refractivity contribution is 0.0368. The van der Waals surface area contributed by atoms with Crippen molar-refractivity contribution in [3.8, 4) is 0 Å². The molecule has 0 aromatic carbocycles. The predicted molar refractivity (Wildman–Crippen MR) is 115 cm³/mol. The van der Waals surface area contributed by atoms with Gasteiger partial charge in [0.2, 0.25) is 0 Å². The van der Waals surface area contributed by atoms with E-state index in [1.807, 2.05) is 22.1 Å². The summed E-state index contributed by atoms with van der Waals surface area (Å²) in [5.74, 6) is 0.646. The first-order valence-electron chi connectivity index (χ1n) is 9.22. The molecule has 9 heteroatoms. The molecule has 0 spiro atoms. The number of hydrogen-bond acceptors (Lipinski definition) is 7. The van der Waals surface area contributed by atoms with E-state index in [0.717, 1.165) is 60.2 Å². The highest BCUT2D eigenvalue weighted by Crippen LogP contribution is 2.26. The molecule has 1 saturated heterocycles. The van der Waals surface area contributed by atoms with E-state index in [1.165, 1.54) is 11.3 Å². The Morgan fingerprint density at radius 2 is 2.11 bits per heavy atom. The standard InChI is InChI=1S/C19H21ClN4O2S2/c20-15-12-21-4-2-14(15)13-28-19-22-16-3-11-27-17(16)18(25)24(19)6-1-5-23-7-9-26-10-8-23/h2-4,11-12H,1,5-10,13H2. The van der Waals surface area contributed by atoms with E-state index < -0.39 is 0 Å². The van der Waals surface area contributed by atoms with E-state index in [-0.39, 0.29) is 5.56 Å². The van der Waals surface area contributed by atoms with Gasteiger partial charge >= 0.3 is 0 Å². The molecular weight excluding hydrogens is 416 g/mol. The summed E-state index contributed by atoms with van der Waals surface area (Å²) >= 11 is 9.23. The Bertz CT molecular complexity index is 1000. The summed E-state index contributed by atoms with van der Waals surface area (Å²) in [4.78, 5) is 24.2. The van der Waals surface area contributed by atoms with Gasteiger partial charge in [0.25, 0.3) is 5.56 Å². The first-order valence-corrected chi connectivity index (χ1v) is 11.5. The van der Waals surface area contributed by atoms with E-state index in [2.05, 4.69) is 9.88 Å². The molecule has 3 aromatic heterocycles. The number of morpholine rings is 1. The molecule has 148 valence electrons. The molecule has 0 amide bonds. The monoisotopic (exact) mass is 436 g/mol. The number of aromatic nitrogens is 3. The van der Waals surface area contributed by atoms with Crippen molar-refractivity contribution in [1.82, 2.24) is 19.4 Å². The summed E-state index contributed by atoms with van der Waals surface area (Å²) in [6.07, 6.45) is 4.27. The van der Waals surface area contributed by atoms with Crippen LogP contribution in [0.15, 0.2) is 39.9 Å². The molecule has 1 aliphatic rings. The molecule has 3 aromatic rings. The van der Waals surface area contributed by atoms with Crippen LogP contribution in [0.5, 0.6) is 0 Å². The maximum Gasteiger partial charge on any atom is 0.272 e. The average molecular weight is 437 g/mol. The van der Waals surface area contributed by atoms with E-state index in [1.54, 1.807) is 24.2 Å². The quantitative estimate of drug-likeness (QED) is 0.417. The van der Waals surface area contributed by atoms with Crippen molar-refractivity contribution in [2.45, 2.75) is 23.9 Å². The molecule has 0 saturated carbocycles. The fourth-order valence-electron chi connectivity index (χ4n) is 3.17. The Morgan fingerprint density at radius 3 is 2.93 bits per heavy atom. The zero-order valence-electron chi connectivity index (χ0n) is 15.3. The fraction of sp³-hybridized carbons (Fsp3) is 0.421. The van der Waals surface area contributed by atoms with Crippen molar-refractivity contribution >= 4 is 44.9 Å². The van der Waals surface area contributed by atoms with Crippen molar-refractivity contribution in [3.05, 3.63) is 50.8 Å². The average Bonchev–Trinajstić information content (AvgIpc) is 3.19. The first kappa shape index (κ1) is 19.8. The maximum atomic E-state index is 13.0. The zero-order valence-corrected chi connectivity index (χ0v) is 17.7. The summed E-state index contributed by atoms with van der Waals surface area (Å²) in [6, 6.07) is 3.81. The minimum absolute atomic E-state index is 0.0466. The van der Waals surface area contributed by atoms with Crippen molar-refractivity contribution in [3.63, 3.8) is 0 Å². The smallest absolute Gasteiger partial charge is 0.272 e. The van der Waals surface area contributed by atoms with Crippen molar-refractivity contribution in [2.75, 3.05) is 32.8 Å². The second-order valence-electron chi connectivity index (χ2n) is 6.55. The highest BCUT2D eigenvalue weighted by molar-refractivity contribution is 7.98. The van der Waals surface area contributed by atoms with E-state index in [4.69, 9.17) is 21.3 Å². The van der Waals surface area contributed by atoms with Gasteiger partial charge in [-0.3, -0.25) is 19.2 Å². The normalized spacial score (nSPS) is 15.3. The van der Waals surface area contributed by atoms with Crippen LogP contribution in [0.25, 0.3) is 10.2 Å². The minimum Gasteiger partial charge on any atom is -0.379 e. The molecule has 6 nitrogen and oxygen atoms in total. The molecular formula is C19H21ClN4O2S2. The molecule has 0 radical (unpaired) electrons. The Hall–Kier alpha value is -1.45. The van der Waals surface area contributed by atoms with Gasteiger partial charge in [0.05, 0.1) is 23.8 Å². The van der Waals surface area contributed by atoms with Crippen LogP contribution in [-0.2, 0) is 17.0 Å². The predicted octanol–water partition coefficient (Wildman–Crippen LogP) is 3.52. The highest BCUT2D eigenvalue weighted by atomic mass is 35.5. The first-order chi connectivity index (χ1) is 13.7. The van der Waals surface area contributed by atoms with Gasteiger partial charge in [-0.1, -0.05) is 23.4 Å². The molecule has 0 N–H and O–H groups in total. The Labute approximate surface area is 176 Å². The number of halogens is 1. The van der Waals surface area contributed by atoms with Crippen molar-refractivity contribution in [2.24, 2.45) is 0 Å². The molecule has 0 aliphatic carbocycles. The second-order valence-corrected chi connectivity index (χ2v) is 8.82. The van der Waals surface area contributed by atoms with Gasteiger partial charge in [0.1, 0.15) is 4.70 Å². The Balaban J connectivity index is 1.52. The second kappa shape index (κ2) is 9.37. The molecule has 28 heavy (non-hydrogen) atoms.